The molecule has 3 aromatic rings. The van der Waals surface area contributed by atoms with Gasteiger partial charge in [0.2, 0.25) is 0 Å². The zero-order chi connectivity index (χ0) is 32.2. The van der Waals surface area contributed by atoms with Crippen molar-refractivity contribution in [1.29, 1.82) is 0 Å². The van der Waals surface area contributed by atoms with Gasteiger partial charge in [-0.2, -0.15) is 5.10 Å². The Bertz CT molecular complexity index is 1440. The van der Waals surface area contributed by atoms with Crippen molar-refractivity contribution in [3.63, 3.8) is 0 Å². The molecule has 0 aliphatic rings. The molecule has 234 valence electrons. The number of hydrogen-bond acceptors (Lipinski definition) is 9. The van der Waals surface area contributed by atoms with Crippen molar-refractivity contribution in [3.05, 3.63) is 89.5 Å². The highest BCUT2D eigenvalue weighted by Crippen LogP contribution is 2.39. The highest BCUT2D eigenvalue weighted by Gasteiger charge is 2.42. The summed E-state index contributed by atoms with van der Waals surface area (Å²) in [6, 6.07) is 21.2. The highest BCUT2D eigenvalue weighted by molar-refractivity contribution is 5.87. The minimum Gasteiger partial charge on any atom is -0.489 e. The maximum absolute atomic E-state index is 13.0. The Morgan fingerprint density at radius 3 is 2.25 bits per heavy atom. The summed E-state index contributed by atoms with van der Waals surface area (Å²) in [4.78, 5) is 36.9. The zero-order valence-corrected chi connectivity index (χ0v) is 25.6. The van der Waals surface area contributed by atoms with Crippen molar-refractivity contribution in [2.24, 2.45) is 5.10 Å². The van der Waals surface area contributed by atoms with Crippen LogP contribution in [0.15, 0.2) is 77.9 Å². The van der Waals surface area contributed by atoms with Crippen LogP contribution in [0, 0.1) is 0 Å². The summed E-state index contributed by atoms with van der Waals surface area (Å²) < 4.78 is 21.9. The Morgan fingerprint density at radius 2 is 1.64 bits per heavy atom. The maximum Gasteiger partial charge on any atom is 0.428 e. The highest BCUT2D eigenvalue weighted by atomic mass is 16.6. The molecular formula is C33H39N3O8. The topological polar surface area (TPSA) is 145 Å². The number of carbonyl (C=O) groups excluding carboxylic acids is 2. The van der Waals surface area contributed by atoms with E-state index >= 15 is 0 Å². The summed E-state index contributed by atoms with van der Waals surface area (Å²) in [7, 11) is 0. The van der Waals surface area contributed by atoms with Crippen molar-refractivity contribution >= 4 is 29.9 Å². The number of rotatable bonds is 14. The first-order valence-electron chi connectivity index (χ1n) is 14.2. The summed E-state index contributed by atoms with van der Waals surface area (Å²) in [6.45, 7) is 8.74. The van der Waals surface area contributed by atoms with Crippen LogP contribution >= 0.6 is 0 Å². The molecule has 11 nitrogen and oxygen atoms in total. The lowest BCUT2D eigenvalue weighted by atomic mass is 9.85. The number of benzene rings is 3. The number of anilines is 1. The molecule has 0 saturated heterocycles. The number of carboxylic acid groups (broad SMARTS) is 1. The average Bonchev–Trinajstić information content (AvgIpc) is 2.98. The van der Waals surface area contributed by atoms with Gasteiger partial charge in [-0.15, -0.1) is 0 Å². The van der Waals surface area contributed by atoms with Gasteiger partial charge in [0, 0.05) is 11.3 Å². The predicted molar refractivity (Wildman–Crippen MR) is 166 cm³/mol. The second-order valence-corrected chi connectivity index (χ2v) is 10.7. The predicted octanol–water partition coefficient (Wildman–Crippen LogP) is 5.87. The number of ether oxygens (including phenoxy) is 4. The number of carbonyl (C=O) groups is 3. The van der Waals surface area contributed by atoms with Crippen molar-refractivity contribution < 1.29 is 38.4 Å². The first-order valence-corrected chi connectivity index (χ1v) is 14.2. The van der Waals surface area contributed by atoms with E-state index in [1.807, 2.05) is 30.3 Å². The standard InChI is InChI=1S/C33H39N3O8/c1-6-33(30(38)39,35-25-15-13-23(14-16-25)20-34-36-31(40)44-32(3,4)5)27-19-26(42-21-24-11-9-8-10-12-24)17-18-28(27)43-22-29(37)41-7-2/h8-20,35H,6-7,21-22H2,1-5H3,(H,36,40)(H,38,39). The zero-order valence-electron chi connectivity index (χ0n) is 25.6. The molecule has 0 aliphatic heterocycles. The van der Waals surface area contributed by atoms with Crippen LogP contribution in [0.2, 0.25) is 0 Å². The maximum atomic E-state index is 13.0. The van der Waals surface area contributed by atoms with Gasteiger partial charge in [0.15, 0.2) is 12.1 Å². The van der Waals surface area contributed by atoms with E-state index in [0.717, 1.165) is 5.56 Å². The van der Waals surface area contributed by atoms with Crippen molar-refractivity contribution in [1.82, 2.24) is 5.43 Å². The fraction of sp³-hybridized carbons (Fsp3) is 0.333. The monoisotopic (exact) mass is 605 g/mol. The molecule has 3 aromatic carbocycles. The molecule has 0 saturated carbocycles. The van der Waals surface area contributed by atoms with Crippen LogP contribution in [0.1, 0.15) is 57.7 Å². The third-order valence-corrected chi connectivity index (χ3v) is 6.24. The van der Waals surface area contributed by atoms with Gasteiger partial charge in [0.25, 0.3) is 0 Å². The molecular weight excluding hydrogens is 566 g/mol. The van der Waals surface area contributed by atoms with Crippen LogP contribution in [0.5, 0.6) is 11.5 Å². The third-order valence-electron chi connectivity index (χ3n) is 6.24. The molecule has 0 aliphatic carbocycles. The molecule has 1 atom stereocenters. The number of carboxylic acids is 1. The smallest absolute Gasteiger partial charge is 0.428 e. The average molecular weight is 606 g/mol. The first kappa shape index (κ1) is 33.4. The summed E-state index contributed by atoms with van der Waals surface area (Å²) in [5.74, 6) is -1.11. The lowest BCUT2D eigenvalue weighted by Gasteiger charge is -2.33. The third kappa shape index (κ3) is 9.75. The van der Waals surface area contributed by atoms with Gasteiger partial charge in [0.05, 0.1) is 12.8 Å². The van der Waals surface area contributed by atoms with E-state index in [1.165, 1.54) is 6.21 Å². The van der Waals surface area contributed by atoms with Crippen LogP contribution < -0.4 is 20.2 Å². The number of hydrogen-bond donors (Lipinski definition) is 3. The molecule has 0 heterocycles. The lowest BCUT2D eigenvalue weighted by Crippen LogP contribution is -2.43. The molecule has 0 bridgehead atoms. The minimum atomic E-state index is -1.66. The van der Waals surface area contributed by atoms with E-state index in [1.54, 1.807) is 77.1 Å². The molecule has 44 heavy (non-hydrogen) atoms. The summed E-state index contributed by atoms with van der Waals surface area (Å²) in [5.41, 5.74) is 2.35. The van der Waals surface area contributed by atoms with E-state index in [4.69, 9.17) is 18.9 Å². The Kier molecular flexibility index (Phi) is 11.7. The summed E-state index contributed by atoms with van der Waals surface area (Å²) in [5, 5.41) is 17.7. The molecule has 0 radical (unpaired) electrons. The number of nitrogens with zero attached hydrogens (tertiary/aromatic N) is 1. The molecule has 0 fully saturated rings. The molecule has 3 rings (SSSR count). The van der Waals surface area contributed by atoms with Crippen LogP contribution in [0.4, 0.5) is 10.5 Å². The van der Waals surface area contributed by atoms with Gasteiger partial charge < -0.3 is 29.4 Å². The van der Waals surface area contributed by atoms with Crippen molar-refractivity contribution in [2.75, 3.05) is 18.5 Å². The van der Waals surface area contributed by atoms with Gasteiger partial charge in [-0.1, -0.05) is 49.4 Å². The lowest BCUT2D eigenvalue weighted by molar-refractivity contribution is -0.145. The van der Waals surface area contributed by atoms with Gasteiger partial charge in [-0.3, -0.25) is 0 Å². The Balaban J connectivity index is 1.89. The van der Waals surface area contributed by atoms with Gasteiger partial charge in [-0.25, -0.2) is 19.8 Å². The normalized spacial score (nSPS) is 12.6. The van der Waals surface area contributed by atoms with Crippen LogP contribution in [-0.2, 0) is 31.2 Å². The van der Waals surface area contributed by atoms with E-state index in [0.29, 0.717) is 17.0 Å². The number of esters is 1. The van der Waals surface area contributed by atoms with Crippen LogP contribution in [0.25, 0.3) is 0 Å². The molecule has 0 aromatic heterocycles. The second kappa shape index (κ2) is 15.4. The number of hydrazone groups is 1. The van der Waals surface area contributed by atoms with E-state index in [2.05, 4.69) is 15.8 Å². The number of aliphatic carboxylic acids is 1. The summed E-state index contributed by atoms with van der Waals surface area (Å²) in [6.07, 6.45) is 0.869. The first-order chi connectivity index (χ1) is 21.0. The minimum absolute atomic E-state index is 0.114. The molecule has 0 spiro atoms. The van der Waals surface area contributed by atoms with Crippen LogP contribution in [-0.4, -0.2) is 48.2 Å². The fourth-order valence-corrected chi connectivity index (χ4v) is 4.16. The summed E-state index contributed by atoms with van der Waals surface area (Å²) >= 11 is 0. The molecule has 11 heteroatoms. The number of nitrogens with one attached hydrogen (secondary N) is 2. The van der Waals surface area contributed by atoms with Crippen molar-refractivity contribution in [3.8, 4) is 11.5 Å². The van der Waals surface area contributed by atoms with Gasteiger partial charge >= 0.3 is 18.0 Å². The quantitative estimate of drug-likeness (QED) is 0.117. The van der Waals surface area contributed by atoms with E-state index in [-0.39, 0.29) is 30.9 Å². The van der Waals surface area contributed by atoms with Crippen LogP contribution in [0.3, 0.4) is 0 Å². The van der Waals surface area contributed by atoms with Gasteiger partial charge in [0.1, 0.15) is 23.7 Å². The fourth-order valence-electron chi connectivity index (χ4n) is 4.16. The molecule has 1 unspecified atom stereocenters. The second-order valence-electron chi connectivity index (χ2n) is 10.7. The Labute approximate surface area is 257 Å². The van der Waals surface area contributed by atoms with E-state index in [9.17, 15) is 19.5 Å². The van der Waals surface area contributed by atoms with Crippen molar-refractivity contribution in [2.45, 2.75) is 58.8 Å². The Morgan fingerprint density at radius 1 is 0.932 bits per heavy atom. The molecule has 1 amide bonds. The van der Waals surface area contributed by atoms with Gasteiger partial charge in [-0.05, 0) is 75.6 Å². The number of amides is 1. The van der Waals surface area contributed by atoms with E-state index < -0.39 is 35.8 Å². The molecule has 3 N–H and O–H groups in total. The Hall–Kier alpha value is -5.06. The SMILES string of the molecule is CCOC(=O)COc1ccc(OCc2ccccc2)cc1C(CC)(Nc1ccc(C=NNC(=O)OC(C)(C)C)cc1)C(=O)O. The largest absolute Gasteiger partial charge is 0.489 e.